The molecule has 1 fully saturated rings. The Morgan fingerprint density at radius 2 is 2.17 bits per heavy atom. The molecule has 0 saturated heterocycles. The van der Waals surface area contributed by atoms with Crippen molar-refractivity contribution in [3.8, 4) is 0 Å². The SMILES string of the molecule is CSCCC(NN)C1CCCC1. The van der Waals surface area contributed by atoms with Crippen molar-refractivity contribution in [3.05, 3.63) is 0 Å². The van der Waals surface area contributed by atoms with Crippen molar-refractivity contribution in [2.75, 3.05) is 12.0 Å². The Bertz CT molecular complexity index is 113. The Labute approximate surface area is 79.6 Å². The van der Waals surface area contributed by atoms with E-state index < -0.39 is 0 Å². The lowest BCUT2D eigenvalue weighted by molar-refractivity contribution is 0.356. The van der Waals surface area contributed by atoms with Gasteiger partial charge >= 0.3 is 0 Å². The van der Waals surface area contributed by atoms with Gasteiger partial charge in [0.05, 0.1) is 0 Å². The minimum Gasteiger partial charge on any atom is -0.271 e. The summed E-state index contributed by atoms with van der Waals surface area (Å²) in [7, 11) is 0. The number of thioether (sulfide) groups is 1. The monoisotopic (exact) mass is 188 g/mol. The Kier molecular flexibility index (Phi) is 5.04. The minimum absolute atomic E-state index is 0.569. The van der Waals surface area contributed by atoms with E-state index in [0.717, 1.165) is 5.92 Å². The van der Waals surface area contributed by atoms with Crippen LogP contribution in [0.15, 0.2) is 0 Å². The number of hydrogen-bond donors (Lipinski definition) is 2. The molecule has 1 atom stereocenters. The van der Waals surface area contributed by atoms with E-state index in [4.69, 9.17) is 5.84 Å². The molecule has 0 amide bonds. The van der Waals surface area contributed by atoms with Crippen LogP contribution in [0.1, 0.15) is 32.1 Å². The molecule has 0 aliphatic heterocycles. The number of hydrogen-bond acceptors (Lipinski definition) is 3. The van der Waals surface area contributed by atoms with Crippen molar-refractivity contribution in [1.29, 1.82) is 0 Å². The molecule has 0 spiro atoms. The van der Waals surface area contributed by atoms with E-state index in [1.807, 2.05) is 11.8 Å². The molecule has 0 aromatic carbocycles. The molecule has 72 valence electrons. The summed E-state index contributed by atoms with van der Waals surface area (Å²) >= 11 is 1.91. The van der Waals surface area contributed by atoms with Crippen molar-refractivity contribution in [2.24, 2.45) is 11.8 Å². The van der Waals surface area contributed by atoms with Gasteiger partial charge < -0.3 is 0 Å². The predicted molar refractivity (Wildman–Crippen MR) is 56.1 cm³/mol. The lowest BCUT2D eigenvalue weighted by Crippen LogP contribution is -2.40. The van der Waals surface area contributed by atoms with Crippen LogP contribution in [0.2, 0.25) is 0 Å². The van der Waals surface area contributed by atoms with Gasteiger partial charge in [0.1, 0.15) is 0 Å². The zero-order valence-corrected chi connectivity index (χ0v) is 8.70. The fourth-order valence-corrected chi connectivity index (χ4v) is 2.55. The van der Waals surface area contributed by atoms with Gasteiger partial charge in [-0.3, -0.25) is 11.3 Å². The fraction of sp³-hybridized carbons (Fsp3) is 1.00. The first-order chi connectivity index (χ1) is 5.88. The maximum Gasteiger partial charge on any atom is 0.0246 e. The molecular formula is C9H20N2S. The van der Waals surface area contributed by atoms with Crippen LogP contribution in [0.5, 0.6) is 0 Å². The average molecular weight is 188 g/mol. The molecule has 0 radical (unpaired) electrons. The highest BCUT2D eigenvalue weighted by molar-refractivity contribution is 7.98. The van der Waals surface area contributed by atoms with E-state index in [1.165, 1.54) is 37.9 Å². The molecule has 1 unspecified atom stereocenters. The Balaban J connectivity index is 2.22. The predicted octanol–water partition coefficient (Wildman–Crippen LogP) is 1.76. The van der Waals surface area contributed by atoms with Crippen LogP contribution in [0.3, 0.4) is 0 Å². The molecular weight excluding hydrogens is 168 g/mol. The van der Waals surface area contributed by atoms with Crippen LogP contribution in [0.25, 0.3) is 0 Å². The second-order valence-electron chi connectivity index (χ2n) is 3.60. The van der Waals surface area contributed by atoms with Gasteiger partial charge in [0.2, 0.25) is 0 Å². The summed E-state index contributed by atoms with van der Waals surface area (Å²) in [6.07, 6.45) is 8.95. The van der Waals surface area contributed by atoms with Gasteiger partial charge in [-0.25, -0.2) is 0 Å². The third-order valence-electron chi connectivity index (χ3n) is 2.82. The molecule has 1 aliphatic rings. The minimum atomic E-state index is 0.569. The molecule has 0 bridgehead atoms. The summed E-state index contributed by atoms with van der Waals surface area (Å²) < 4.78 is 0. The lowest BCUT2D eigenvalue weighted by atomic mass is 9.97. The molecule has 1 aliphatic carbocycles. The first kappa shape index (κ1) is 10.4. The number of rotatable bonds is 5. The van der Waals surface area contributed by atoms with E-state index >= 15 is 0 Å². The van der Waals surface area contributed by atoms with Gasteiger partial charge in [-0.05, 0) is 37.2 Å². The van der Waals surface area contributed by atoms with Gasteiger partial charge in [-0.2, -0.15) is 11.8 Å². The Hall–Kier alpha value is 0.270. The molecule has 1 rings (SSSR count). The Morgan fingerprint density at radius 1 is 1.50 bits per heavy atom. The normalized spacial score (nSPS) is 21.5. The summed E-state index contributed by atoms with van der Waals surface area (Å²) in [5.74, 6) is 7.61. The van der Waals surface area contributed by atoms with Gasteiger partial charge in [0.25, 0.3) is 0 Å². The van der Waals surface area contributed by atoms with Gasteiger partial charge in [-0.1, -0.05) is 12.8 Å². The van der Waals surface area contributed by atoms with Crippen LogP contribution in [-0.4, -0.2) is 18.1 Å². The second-order valence-corrected chi connectivity index (χ2v) is 4.58. The summed E-state index contributed by atoms with van der Waals surface area (Å²) in [4.78, 5) is 0. The van der Waals surface area contributed by atoms with Gasteiger partial charge in [-0.15, -0.1) is 0 Å². The van der Waals surface area contributed by atoms with Gasteiger partial charge in [0.15, 0.2) is 0 Å². The van der Waals surface area contributed by atoms with Crippen LogP contribution < -0.4 is 11.3 Å². The smallest absolute Gasteiger partial charge is 0.0246 e. The van der Waals surface area contributed by atoms with Crippen molar-refractivity contribution >= 4 is 11.8 Å². The highest BCUT2D eigenvalue weighted by Crippen LogP contribution is 2.28. The topological polar surface area (TPSA) is 38.0 Å². The fourth-order valence-electron chi connectivity index (χ4n) is 2.06. The summed E-state index contributed by atoms with van der Waals surface area (Å²) in [5, 5.41) is 0. The van der Waals surface area contributed by atoms with E-state index in [-0.39, 0.29) is 0 Å². The molecule has 12 heavy (non-hydrogen) atoms. The number of nitrogens with one attached hydrogen (secondary N) is 1. The Morgan fingerprint density at radius 3 is 2.67 bits per heavy atom. The largest absolute Gasteiger partial charge is 0.271 e. The summed E-state index contributed by atoms with van der Waals surface area (Å²) in [6, 6.07) is 0.569. The van der Waals surface area contributed by atoms with Crippen LogP contribution in [0.4, 0.5) is 0 Å². The van der Waals surface area contributed by atoms with Crippen LogP contribution in [0, 0.1) is 5.92 Å². The average Bonchev–Trinajstić information content (AvgIpc) is 2.59. The molecule has 0 aromatic heterocycles. The highest BCUT2D eigenvalue weighted by atomic mass is 32.2. The zero-order chi connectivity index (χ0) is 8.81. The second kappa shape index (κ2) is 5.84. The standard InChI is InChI=1S/C9H20N2S/c1-12-7-6-9(11-10)8-4-2-3-5-8/h8-9,11H,2-7,10H2,1H3. The van der Waals surface area contributed by atoms with Crippen molar-refractivity contribution in [1.82, 2.24) is 5.43 Å². The maximum atomic E-state index is 5.53. The molecule has 2 nitrogen and oxygen atoms in total. The molecule has 3 N–H and O–H groups in total. The third-order valence-corrected chi connectivity index (χ3v) is 3.46. The van der Waals surface area contributed by atoms with Gasteiger partial charge in [0, 0.05) is 6.04 Å². The van der Waals surface area contributed by atoms with E-state index in [1.54, 1.807) is 0 Å². The molecule has 0 heterocycles. The first-order valence-electron chi connectivity index (χ1n) is 4.83. The summed E-state index contributed by atoms with van der Waals surface area (Å²) in [6.45, 7) is 0. The van der Waals surface area contributed by atoms with Crippen LogP contribution >= 0.6 is 11.8 Å². The third kappa shape index (κ3) is 2.96. The lowest BCUT2D eigenvalue weighted by Gasteiger charge is -2.21. The molecule has 3 heteroatoms. The summed E-state index contributed by atoms with van der Waals surface area (Å²) in [5.41, 5.74) is 2.97. The van der Waals surface area contributed by atoms with Crippen molar-refractivity contribution in [2.45, 2.75) is 38.1 Å². The van der Waals surface area contributed by atoms with E-state index in [2.05, 4.69) is 11.7 Å². The highest BCUT2D eigenvalue weighted by Gasteiger charge is 2.23. The van der Waals surface area contributed by atoms with Crippen molar-refractivity contribution in [3.63, 3.8) is 0 Å². The number of hydrazine groups is 1. The van der Waals surface area contributed by atoms with E-state index in [0.29, 0.717) is 6.04 Å². The number of nitrogens with two attached hydrogens (primary N) is 1. The van der Waals surface area contributed by atoms with Crippen molar-refractivity contribution < 1.29 is 0 Å². The maximum absolute atomic E-state index is 5.53. The zero-order valence-electron chi connectivity index (χ0n) is 7.88. The van der Waals surface area contributed by atoms with Crippen LogP contribution in [-0.2, 0) is 0 Å². The van der Waals surface area contributed by atoms with E-state index in [9.17, 15) is 0 Å². The molecule has 0 aromatic rings. The quantitative estimate of drug-likeness (QED) is 0.510. The molecule has 1 saturated carbocycles. The first-order valence-corrected chi connectivity index (χ1v) is 6.23.